The third-order valence-corrected chi connectivity index (χ3v) is 3.26. The molecule has 20 heavy (non-hydrogen) atoms. The summed E-state index contributed by atoms with van der Waals surface area (Å²) in [6.45, 7) is 1.93. The number of aryl methyl sites for hydroxylation is 1. The van der Waals surface area contributed by atoms with E-state index in [0.717, 1.165) is 21.3 Å². The summed E-state index contributed by atoms with van der Waals surface area (Å²) in [5.41, 5.74) is 2.63. The molecule has 0 atom stereocenters. The lowest BCUT2D eigenvalue weighted by atomic mass is 10.2. The molecule has 1 amide bonds. The van der Waals surface area contributed by atoms with E-state index in [0.29, 0.717) is 0 Å². The molecule has 0 saturated heterocycles. The highest BCUT2D eigenvalue weighted by Gasteiger charge is 2.02. The summed E-state index contributed by atoms with van der Waals surface area (Å²) in [7, 11) is 0. The largest absolute Gasteiger partial charge is 0.508 e. The average molecular weight is 332 g/mol. The summed E-state index contributed by atoms with van der Waals surface area (Å²) < 4.78 is 0.979. The van der Waals surface area contributed by atoms with Crippen molar-refractivity contribution in [2.45, 2.75) is 6.92 Å². The van der Waals surface area contributed by atoms with Crippen molar-refractivity contribution in [3.05, 3.63) is 64.1 Å². The number of benzene rings is 2. The van der Waals surface area contributed by atoms with Crippen LogP contribution in [0.1, 0.15) is 11.1 Å². The number of nitrogens with one attached hydrogen (secondary N) is 1. The van der Waals surface area contributed by atoms with Crippen LogP contribution in [-0.2, 0) is 4.79 Å². The van der Waals surface area contributed by atoms with Crippen LogP contribution in [0.5, 0.6) is 5.75 Å². The lowest BCUT2D eigenvalue weighted by molar-refractivity contribution is -0.111. The summed E-state index contributed by atoms with van der Waals surface area (Å²) >= 11 is 3.38. The molecule has 0 radical (unpaired) electrons. The van der Waals surface area contributed by atoms with E-state index in [1.807, 2.05) is 25.1 Å². The maximum absolute atomic E-state index is 11.8. The maximum Gasteiger partial charge on any atom is 0.248 e. The van der Waals surface area contributed by atoms with Gasteiger partial charge >= 0.3 is 0 Å². The van der Waals surface area contributed by atoms with Crippen molar-refractivity contribution < 1.29 is 9.90 Å². The fourth-order valence-electron chi connectivity index (χ4n) is 1.70. The van der Waals surface area contributed by atoms with E-state index in [-0.39, 0.29) is 11.7 Å². The van der Waals surface area contributed by atoms with Crippen molar-refractivity contribution in [1.29, 1.82) is 0 Å². The Morgan fingerprint density at radius 2 is 1.90 bits per heavy atom. The zero-order valence-corrected chi connectivity index (χ0v) is 12.5. The molecule has 0 aliphatic carbocycles. The van der Waals surface area contributed by atoms with Crippen LogP contribution < -0.4 is 5.32 Å². The lowest BCUT2D eigenvalue weighted by Gasteiger charge is -2.06. The van der Waals surface area contributed by atoms with E-state index in [1.165, 1.54) is 6.08 Å². The number of amides is 1. The van der Waals surface area contributed by atoms with Gasteiger partial charge in [-0.3, -0.25) is 4.79 Å². The molecule has 2 aromatic rings. The zero-order valence-electron chi connectivity index (χ0n) is 10.9. The molecule has 2 aromatic carbocycles. The van der Waals surface area contributed by atoms with E-state index < -0.39 is 0 Å². The molecule has 0 aromatic heterocycles. The molecule has 2 N–H and O–H groups in total. The Morgan fingerprint density at radius 3 is 2.55 bits per heavy atom. The number of phenols is 1. The standard InChI is InChI=1S/C16H14BrNO2/c1-11-10-13(17)5-8-15(11)18-16(20)9-4-12-2-6-14(19)7-3-12/h2-10,19H,1H3,(H,18,20)/b9-4+. The van der Waals surface area contributed by atoms with Gasteiger partial charge in [-0.15, -0.1) is 0 Å². The van der Waals surface area contributed by atoms with Crippen LogP contribution in [-0.4, -0.2) is 11.0 Å². The molecule has 102 valence electrons. The molecule has 0 heterocycles. The second-order valence-electron chi connectivity index (χ2n) is 4.37. The predicted molar refractivity (Wildman–Crippen MR) is 84.6 cm³/mol. The minimum absolute atomic E-state index is 0.191. The molecule has 0 aliphatic rings. The van der Waals surface area contributed by atoms with E-state index in [9.17, 15) is 9.90 Å². The summed E-state index contributed by atoms with van der Waals surface area (Å²) in [6.07, 6.45) is 3.16. The summed E-state index contributed by atoms with van der Waals surface area (Å²) in [5.74, 6) is 0.0144. The van der Waals surface area contributed by atoms with Gasteiger partial charge in [-0.1, -0.05) is 28.1 Å². The SMILES string of the molecule is Cc1cc(Br)ccc1NC(=O)/C=C/c1ccc(O)cc1. The molecule has 0 bridgehead atoms. The second kappa shape index (κ2) is 6.39. The quantitative estimate of drug-likeness (QED) is 0.831. The first-order valence-electron chi connectivity index (χ1n) is 6.09. The van der Waals surface area contributed by atoms with Crippen molar-refractivity contribution >= 4 is 33.6 Å². The fourth-order valence-corrected chi connectivity index (χ4v) is 2.17. The van der Waals surface area contributed by atoms with Crippen LogP contribution in [0.4, 0.5) is 5.69 Å². The Labute approximate surface area is 126 Å². The molecule has 0 spiro atoms. The molecule has 0 unspecified atom stereocenters. The first kappa shape index (κ1) is 14.3. The maximum atomic E-state index is 11.8. The first-order valence-corrected chi connectivity index (χ1v) is 6.88. The van der Waals surface area contributed by atoms with E-state index in [1.54, 1.807) is 30.3 Å². The predicted octanol–water partition coefficient (Wildman–Crippen LogP) is 4.12. The van der Waals surface area contributed by atoms with E-state index >= 15 is 0 Å². The Morgan fingerprint density at radius 1 is 1.20 bits per heavy atom. The molecule has 2 rings (SSSR count). The third kappa shape index (κ3) is 3.96. The van der Waals surface area contributed by atoms with Crippen LogP contribution in [0, 0.1) is 6.92 Å². The smallest absolute Gasteiger partial charge is 0.248 e. The molecule has 4 heteroatoms. The third-order valence-electron chi connectivity index (χ3n) is 2.77. The highest BCUT2D eigenvalue weighted by atomic mass is 79.9. The van der Waals surface area contributed by atoms with Gasteiger partial charge in [-0.05, 0) is 54.5 Å². The van der Waals surface area contributed by atoms with Gasteiger partial charge in [0.15, 0.2) is 0 Å². The highest BCUT2D eigenvalue weighted by molar-refractivity contribution is 9.10. The zero-order chi connectivity index (χ0) is 14.5. The van der Waals surface area contributed by atoms with Gasteiger partial charge in [0.2, 0.25) is 5.91 Å². The van der Waals surface area contributed by atoms with Crippen LogP contribution in [0.15, 0.2) is 53.0 Å². The number of phenolic OH excluding ortho intramolecular Hbond substituents is 1. The Balaban J connectivity index is 2.03. The van der Waals surface area contributed by atoms with Crippen LogP contribution in [0.3, 0.4) is 0 Å². The van der Waals surface area contributed by atoms with Gasteiger partial charge in [-0.2, -0.15) is 0 Å². The van der Waals surface area contributed by atoms with Gasteiger partial charge in [0, 0.05) is 16.2 Å². The number of hydrogen-bond acceptors (Lipinski definition) is 2. The summed E-state index contributed by atoms with van der Waals surface area (Å²) in [4.78, 5) is 11.8. The minimum Gasteiger partial charge on any atom is -0.508 e. The fraction of sp³-hybridized carbons (Fsp3) is 0.0625. The molecule has 0 fully saturated rings. The summed E-state index contributed by atoms with van der Waals surface area (Å²) in [6, 6.07) is 12.3. The second-order valence-corrected chi connectivity index (χ2v) is 5.29. The normalized spacial score (nSPS) is 10.7. The first-order chi connectivity index (χ1) is 9.54. The number of carbonyl (C=O) groups excluding carboxylic acids is 1. The number of rotatable bonds is 3. The molecular formula is C16H14BrNO2. The number of carbonyl (C=O) groups is 1. The lowest BCUT2D eigenvalue weighted by Crippen LogP contribution is -2.08. The molecule has 0 saturated carbocycles. The van der Waals surface area contributed by atoms with Crippen molar-refractivity contribution in [3.63, 3.8) is 0 Å². The van der Waals surface area contributed by atoms with Gasteiger partial charge in [-0.25, -0.2) is 0 Å². The van der Waals surface area contributed by atoms with Gasteiger partial charge in [0.25, 0.3) is 0 Å². The van der Waals surface area contributed by atoms with Crippen LogP contribution in [0.2, 0.25) is 0 Å². The number of aromatic hydroxyl groups is 1. The molecular weight excluding hydrogens is 318 g/mol. The van der Waals surface area contributed by atoms with Gasteiger partial charge in [0.1, 0.15) is 5.75 Å². The van der Waals surface area contributed by atoms with Gasteiger partial charge in [0.05, 0.1) is 0 Å². The molecule has 0 aliphatic heterocycles. The molecule has 3 nitrogen and oxygen atoms in total. The summed E-state index contributed by atoms with van der Waals surface area (Å²) in [5, 5.41) is 12.0. The van der Waals surface area contributed by atoms with Gasteiger partial charge < -0.3 is 10.4 Å². The number of anilines is 1. The van der Waals surface area contributed by atoms with Crippen LogP contribution in [0.25, 0.3) is 6.08 Å². The van der Waals surface area contributed by atoms with Crippen molar-refractivity contribution in [1.82, 2.24) is 0 Å². The highest BCUT2D eigenvalue weighted by Crippen LogP contribution is 2.20. The van der Waals surface area contributed by atoms with Crippen LogP contribution >= 0.6 is 15.9 Å². The number of halogens is 1. The monoisotopic (exact) mass is 331 g/mol. The average Bonchev–Trinajstić information content (AvgIpc) is 2.41. The van der Waals surface area contributed by atoms with E-state index in [4.69, 9.17) is 0 Å². The van der Waals surface area contributed by atoms with Crippen molar-refractivity contribution in [2.75, 3.05) is 5.32 Å². The number of hydrogen-bond donors (Lipinski definition) is 2. The van der Waals surface area contributed by atoms with E-state index in [2.05, 4.69) is 21.2 Å². The minimum atomic E-state index is -0.191. The Bertz CT molecular complexity index is 648. The Kier molecular flexibility index (Phi) is 4.58. The van der Waals surface area contributed by atoms with Crippen molar-refractivity contribution in [2.24, 2.45) is 0 Å². The topological polar surface area (TPSA) is 49.3 Å². The van der Waals surface area contributed by atoms with Crippen molar-refractivity contribution in [3.8, 4) is 5.75 Å². The Hall–Kier alpha value is -2.07.